The van der Waals surface area contributed by atoms with Gasteiger partial charge in [0.15, 0.2) is 12.1 Å². The highest BCUT2D eigenvalue weighted by molar-refractivity contribution is 5.72. The molecule has 0 bridgehead atoms. The summed E-state index contributed by atoms with van der Waals surface area (Å²) in [7, 11) is 5.53. The molecule has 0 heterocycles. The number of carbonyl (C=O) groups excluding carboxylic acids is 2. The Bertz CT molecular complexity index is 828. The van der Waals surface area contributed by atoms with Crippen LogP contribution in [0.3, 0.4) is 0 Å². The quantitative estimate of drug-likeness (QED) is 0.0379. The Morgan fingerprint density at radius 2 is 0.846 bits per heavy atom. The highest BCUT2D eigenvalue weighted by atomic mass is 16.6. The molecule has 0 spiro atoms. The molecular weight excluding hydrogens is 654 g/mol. The van der Waals surface area contributed by atoms with E-state index in [1.54, 1.807) is 0 Å². The standard InChI is InChI=1S/C44H85NO7/c1-6-8-10-12-14-16-17-18-19-20-21-22-23-24-25-27-28-30-32-34-42(46)51-39-40(38-50-37-36-41(44(48)49)45(3,4)5)52-43(47)35-33-31-29-26-15-13-11-9-7-2/h40-41H,6-39H2,1-5H3/p+1. The van der Waals surface area contributed by atoms with Gasteiger partial charge in [0.25, 0.3) is 0 Å². The van der Waals surface area contributed by atoms with Gasteiger partial charge in [0.1, 0.15) is 6.61 Å². The van der Waals surface area contributed by atoms with Crippen LogP contribution in [0.1, 0.15) is 213 Å². The van der Waals surface area contributed by atoms with Gasteiger partial charge < -0.3 is 23.8 Å². The van der Waals surface area contributed by atoms with Gasteiger partial charge >= 0.3 is 17.9 Å². The number of rotatable bonds is 40. The summed E-state index contributed by atoms with van der Waals surface area (Å²) in [5.41, 5.74) is 0. The smallest absolute Gasteiger partial charge is 0.362 e. The van der Waals surface area contributed by atoms with Gasteiger partial charge in [-0.3, -0.25) is 9.59 Å². The van der Waals surface area contributed by atoms with Crippen LogP contribution in [0.25, 0.3) is 0 Å². The van der Waals surface area contributed by atoms with E-state index < -0.39 is 18.1 Å². The average molecular weight is 741 g/mol. The van der Waals surface area contributed by atoms with Gasteiger partial charge in [-0.1, -0.05) is 181 Å². The van der Waals surface area contributed by atoms with Gasteiger partial charge in [-0.15, -0.1) is 0 Å². The normalized spacial score (nSPS) is 12.9. The number of nitrogens with zero attached hydrogens (tertiary/aromatic N) is 1. The summed E-state index contributed by atoms with van der Waals surface area (Å²) < 4.78 is 17.2. The fourth-order valence-electron chi connectivity index (χ4n) is 6.80. The Labute approximate surface area is 321 Å². The molecular formula is C44H86NO7+. The molecule has 2 unspecified atom stereocenters. The molecule has 0 aromatic rings. The van der Waals surface area contributed by atoms with Crippen LogP contribution in [-0.4, -0.2) is 80.6 Å². The molecule has 8 heteroatoms. The first-order valence-electron chi connectivity index (χ1n) is 22.1. The van der Waals surface area contributed by atoms with Gasteiger partial charge in [0.05, 0.1) is 34.4 Å². The topological polar surface area (TPSA) is 99.1 Å². The Morgan fingerprint density at radius 3 is 1.19 bits per heavy atom. The second-order valence-corrected chi connectivity index (χ2v) is 16.3. The number of carboxylic acids is 1. The summed E-state index contributed by atoms with van der Waals surface area (Å²) in [5.74, 6) is -1.45. The van der Waals surface area contributed by atoms with Crippen molar-refractivity contribution in [3.63, 3.8) is 0 Å². The number of unbranched alkanes of at least 4 members (excludes halogenated alkanes) is 26. The van der Waals surface area contributed by atoms with E-state index in [0.29, 0.717) is 19.3 Å². The predicted molar refractivity (Wildman–Crippen MR) is 216 cm³/mol. The van der Waals surface area contributed by atoms with Crippen molar-refractivity contribution in [3.8, 4) is 0 Å². The van der Waals surface area contributed by atoms with Crippen LogP contribution in [0.5, 0.6) is 0 Å². The van der Waals surface area contributed by atoms with Gasteiger partial charge in [0, 0.05) is 19.3 Å². The van der Waals surface area contributed by atoms with E-state index in [1.807, 2.05) is 21.1 Å². The van der Waals surface area contributed by atoms with Crippen molar-refractivity contribution in [2.75, 3.05) is 41.0 Å². The third-order valence-electron chi connectivity index (χ3n) is 10.3. The third kappa shape index (κ3) is 34.1. The van der Waals surface area contributed by atoms with Crippen molar-refractivity contribution in [2.24, 2.45) is 0 Å². The van der Waals surface area contributed by atoms with Gasteiger partial charge in [-0.25, -0.2) is 4.79 Å². The van der Waals surface area contributed by atoms with Crippen LogP contribution < -0.4 is 0 Å². The van der Waals surface area contributed by atoms with Crippen LogP contribution in [0.2, 0.25) is 0 Å². The predicted octanol–water partition coefficient (Wildman–Crippen LogP) is 11.8. The molecule has 8 nitrogen and oxygen atoms in total. The van der Waals surface area contributed by atoms with Gasteiger partial charge in [-0.05, 0) is 12.8 Å². The molecule has 2 atom stereocenters. The lowest BCUT2D eigenvalue weighted by molar-refractivity contribution is -0.887. The summed E-state index contributed by atoms with van der Waals surface area (Å²) in [5, 5.41) is 9.59. The number of hydrogen-bond acceptors (Lipinski definition) is 6. The molecule has 52 heavy (non-hydrogen) atoms. The molecule has 0 aromatic carbocycles. The maximum absolute atomic E-state index is 12.6. The zero-order chi connectivity index (χ0) is 38.5. The second kappa shape index (κ2) is 36.3. The summed E-state index contributed by atoms with van der Waals surface area (Å²) >= 11 is 0. The van der Waals surface area contributed by atoms with Crippen molar-refractivity contribution in [3.05, 3.63) is 0 Å². The minimum atomic E-state index is -0.872. The van der Waals surface area contributed by atoms with Crippen molar-refractivity contribution < 1.29 is 38.2 Å². The minimum absolute atomic E-state index is 0.0425. The zero-order valence-corrected chi connectivity index (χ0v) is 35.0. The van der Waals surface area contributed by atoms with Gasteiger partial charge in [0.2, 0.25) is 0 Å². The van der Waals surface area contributed by atoms with Crippen LogP contribution in [0.15, 0.2) is 0 Å². The van der Waals surface area contributed by atoms with Crippen molar-refractivity contribution >= 4 is 17.9 Å². The summed E-state index contributed by atoms with van der Waals surface area (Å²) in [6.45, 7) is 4.75. The van der Waals surface area contributed by atoms with E-state index >= 15 is 0 Å². The molecule has 308 valence electrons. The molecule has 0 radical (unpaired) electrons. The van der Waals surface area contributed by atoms with Crippen molar-refractivity contribution in [1.82, 2.24) is 0 Å². The maximum atomic E-state index is 12.6. The third-order valence-corrected chi connectivity index (χ3v) is 10.3. The molecule has 0 saturated heterocycles. The lowest BCUT2D eigenvalue weighted by Crippen LogP contribution is -2.50. The largest absolute Gasteiger partial charge is 0.477 e. The second-order valence-electron chi connectivity index (χ2n) is 16.3. The number of quaternary nitrogens is 1. The Hall–Kier alpha value is -1.67. The van der Waals surface area contributed by atoms with E-state index in [0.717, 1.165) is 38.5 Å². The molecule has 0 aliphatic heterocycles. The molecule has 0 aromatic heterocycles. The van der Waals surface area contributed by atoms with Crippen molar-refractivity contribution in [1.29, 1.82) is 0 Å². The molecule has 0 fully saturated rings. The Morgan fingerprint density at radius 1 is 0.500 bits per heavy atom. The zero-order valence-electron chi connectivity index (χ0n) is 35.0. The Balaban J connectivity index is 4.18. The molecule has 0 aliphatic rings. The molecule has 0 amide bonds. The lowest BCUT2D eigenvalue weighted by atomic mass is 10.0. The Kier molecular flexibility index (Phi) is 35.1. The van der Waals surface area contributed by atoms with E-state index in [4.69, 9.17) is 14.2 Å². The van der Waals surface area contributed by atoms with E-state index in [1.165, 1.54) is 141 Å². The summed E-state index contributed by atoms with van der Waals surface area (Å²) in [4.78, 5) is 36.8. The van der Waals surface area contributed by atoms with Crippen LogP contribution in [0.4, 0.5) is 0 Å². The lowest BCUT2D eigenvalue weighted by Gasteiger charge is -2.31. The SMILES string of the molecule is CCCCCCCCCCCCCCCCCCCCCC(=O)OCC(COCCC(C(=O)O)[N+](C)(C)C)OC(=O)CCCCCCCCCCC. The number of carbonyl (C=O) groups is 3. The summed E-state index contributed by atoms with van der Waals surface area (Å²) in [6, 6.07) is -0.607. The number of hydrogen-bond donors (Lipinski definition) is 1. The highest BCUT2D eigenvalue weighted by Gasteiger charge is 2.31. The number of likely N-dealkylation sites (N-methyl/N-ethyl adjacent to an activating group) is 1. The number of esters is 2. The first-order chi connectivity index (χ1) is 25.1. The number of aliphatic carboxylic acids is 1. The van der Waals surface area contributed by atoms with E-state index in [2.05, 4.69) is 13.8 Å². The van der Waals surface area contributed by atoms with Crippen LogP contribution >= 0.6 is 0 Å². The number of ether oxygens (including phenoxy) is 3. The summed E-state index contributed by atoms with van der Waals surface area (Å²) in [6.07, 6.45) is 35.8. The highest BCUT2D eigenvalue weighted by Crippen LogP contribution is 2.16. The maximum Gasteiger partial charge on any atom is 0.362 e. The fourth-order valence-corrected chi connectivity index (χ4v) is 6.80. The van der Waals surface area contributed by atoms with Crippen LogP contribution in [0, 0.1) is 0 Å². The van der Waals surface area contributed by atoms with Crippen LogP contribution in [-0.2, 0) is 28.6 Å². The minimum Gasteiger partial charge on any atom is -0.477 e. The first-order valence-corrected chi connectivity index (χ1v) is 22.1. The monoisotopic (exact) mass is 741 g/mol. The number of carboxylic acid groups (broad SMARTS) is 1. The first kappa shape index (κ1) is 50.3. The average Bonchev–Trinajstić information content (AvgIpc) is 3.09. The molecule has 0 aliphatic carbocycles. The molecule has 0 rings (SSSR count). The van der Waals surface area contributed by atoms with E-state index in [-0.39, 0.29) is 36.2 Å². The molecule has 0 saturated carbocycles. The fraction of sp³-hybridized carbons (Fsp3) is 0.932. The van der Waals surface area contributed by atoms with Gasteiger partial charge in [-0.2, -0.15) is 0 Å². The van der Waals surface area contributed by atoms with Crippen molar-refractivity contribution in [2.45, 2.75) is 225 Å². The van der Waals surface area contributed by atoms with E-state index in [9.17, 15) is 19.5 Å². The molecule has 1 N–H and O–H groups in total.